The molecule has 0 aliphatic carbocycles. The number of amides is 2. The molecular weight excluding hydrogens is 469 g/mol. The number of aryl methyl sites for hydroxylation is 1. The molecule has 0 saturated heterocycles. The molecule has 0 radical (unpaired) electrons. The second kappa shape index (κ2) is 11.5. The first kappa shape index (κ1) is 24.2. The summed E-state index contributed by atoms with van der Waals surface area (Å²) in [6, 6.07) is 17.8. The van der Waals surface area contributed by atoms with E-state index in [0.29, 0.717) is 28.8 Å². The lowest BCUT2D eigenvalue weighted by Gasteiger charge is -2.10. The van der Waals surface area contributed by atoms with E-state index in [-0.39, 0.29) is 30.3 Å². The van der Waals surface area contributed by atoms with E-state index in [4.69, 9.17) is 4.42 Å². The van der Waals surface area contributed by atoms with Gasteiger partial charge in [-0.15, -0.1) is 10.2 Å². The van der Waals surface area contributed by atoms with Crippen LogP contribution in [0.2, 0.25) is 0 Å². The lowest BCUT2D eigenvalue weighted by molar-refractivity contribution is -0.118. The van der Waals surface area contributed by atoms with Crippen molar-refractivity contribution in [3.63, 3.8) is 0 Å². The van der Waals surface area contributed by atoms with Gasteiger partial charge in [0.25, 0.3) is 5.91 Å². The number of furan rings is 1. The average Bonchev–Trinajstić information content (AvgIpc) is 3.53. The fraction of sp³-hybridized carbons (Fsp3) is 0.200. The molecule has 0 bridgehead atoms. The Labute approximate surface area is 205 Å². The van der Waals surface area contributed by atoms with E-state index in [1.54, 1.807) is 31.4 Å². The fourth-order valence-electron chi connectivity index (χ4n) is 3.29. The molecule has 4 rings (SSSR count). The number of nitrogens with zero attached hydrogens (tertiary/aromatic N) is 3. The summed E-state index contributed by atoms with van der Waals surface area (Å²) in [5, 5.41) is 14.5. The van der Waals surface area contributed by atoms with E-state index >= 15 is 0 Å². The highest BCUT2D eigenvalue weighted by atomic mass is 32.2. The molecule has 2 aromatic heterocycles. The molecule has 2 N–H and O–H groups in total. The topological polar surface area (TPSA) is 102 Å². The molecular formula is C25H24FN5O3S. The van der Waals surface area contributed by atoms with Gasteiger partial charge < -0.3 is 15.1 Å². The van der Waals surface area contributed by atoms with Crippen LogP contribution >= 0.6 is 11.8 Å². The Bertz CT molecular complexity index is 1290. The molecule has 0 atom stereocenters. The van der Waals surface area contributed by atoms with E-state index in [1.807, 2.05) is 41.0 Å². The first-order valence-corrected chi connectivity index (χ1v) is 11.9. The van der Waals surface area contributed by atoms with Gasteiger partial charge in [0.15, 0.2) is 10.9 Å². The number of carbonyl (C=O) groups excluding carboxylic acids is 2. The van der Waals surface area contributed by atoms with Gasteiger partial charge in [-0.05, 0) is 42.3 Å². The smallest absolute Gasteiger partial charge is 0.251 e. The molecule has 0 unspecified atom stereocenters. The summed E-state index contributed by atoms with van der Waals surface area (Å²) in [5.74, 6) is 0.262. The van der Waals surface area contributed by atoms with Crippen LogP contribution in [0.1, 0.15) is 21.5 Å². The first-order chi connectivity index (χ1) is 17.0. The summed E-state index contributed by atoms with van der Waals surface area (Å²) in [5.41, 5.74) is 1.78. The number of thioether (sulfide) groups is 1. The molecule has 2 amide bonds. The molecule has 35 heavy (non-hydrogen) atoms. The van der Waals surface area contributed by atoms with Crippen molar-refractivity contribution >= 4 is 23.6 Å². The van der Waals surface area contributed by atoms with Gasteiger partial charge in [0.05, 0.1) is 18.6 Å². The highest BCUT2D eigenvalue weighted by Gasteiger charge is 2.18. The van der Waals surface area contributed by atoms with Gasteiger partial charge in [-0.2, -0.15) is 0 Å². The van der Waals surface area contributed by atoms with E-state index in [9.17, 15) is 14.0 Å². The number of carbonyl (C=O) groups is 2. The van der Waals surface area contributed by atoms with Crippen LogP contribution in [0.25, 0.3) is 11.6 Å². The third-order valence-electron chi connectivity index (χ3n) is 5.14. The van der Waals surface area contributed by atoms with Gasteiger partial charge in [0.2, 0.25) is 11.7 Å². The molecule has 8 nitrogen and oxygen atoms in total. The van der Waals surface area contributed by atoms with Gasteiger partial charge in [0.1, 0.15) is 5.82 Å². The monoisotopic (exact) mass is 493 g/mol. The number of aromatic nitrogens is 3. The van der Waals surface area contributed by atoms with Crippen molar-refractivity contribution in [3.8, 4) is 11.6 Å². The van der Waals surface area contributed by atoms with Crippen LogP contribution in [0.3, 0.4) is 0 Å². The Balaban J connectivity index is 1.30. The largest absolute Gasteiger partial charge is 0.461 e. The number of nitrogens with one attached hydrogen (secondary N) is 2. The molecule has 4 aromatic rings. The maximum absolute atomic E-state index is 13.6. The van der Waals surface area contributed by atoms with Crippen LogP contribution in [-0.2, 0) is 11.3 Å². The predicted molar refractivity (Wildman–Crippen MR) is 130 cm³/mol. The van der Waals surface area contributed by atoms with Crippen molar-refractivity contribution in [2.24, 2.45) is 0 Å². The quantitative estimate of drug-likeness (QED) is 0.258. The highest BCUT2D eigenvalue weighted by Crippen LogP contribution is 2.25. The zero-order valence-corrected chi connectivity index (χ0v) is 19.8. The van der Waals surface area contributed by atoms with Crippen LogP contribution in [0, 0.1) is 12.7 Å². The van der Waals surface area contributed by atoms with Crippen molar-refractivity contribution in [2.45, 2.75) is 18.6 Å². The minimum atomic E-state index is -0.432. The predicted octanol–water partition coefficient (Wildman–Crippen LogP) is 3.67. The van der Waals surface area contributed by atoms with Crippen molar-refractivity contribution in [2.75, 3.05) is 18.8 Å². The van der Waals surface area contributed by atoms with Gasteiger partial charge in [-0.1, -0.05) is 48.2 Å². The Hall–Kier alpha value is -3.92. The first-order valence-electron chi connectivity index (χ1n) is 11.0. The average molecular weight is 494 g/mol. The summed E-state index contributed by atoms with van der Waals surface area (Å²) in [6.45, 7) is 2.62. The molecule has 10 heteroatoms. The number of hydrogen-bond donors (Lipinski definition) is 2. The van der Waals surface area contributed by atoms with Gasteiger partial charge in [-0.25, -0.2) is 4.39 Å². The summed E-state index contributed by atoms with van der Waals surface area (Å²) >= 11 is 1.26. The third-order valence-corrected chi connectivity index (χ3v) is 6.11. The van der Waals surface area contributed by atoms with Gasteiger partial charge in [-0.3, -0.25) is 14.2 Å². The number of benzene rings is 2. The number of halogens is 1. The van der Waals surface area contributed by atoms with Crippen LogP contribution in [0.4, 0.5) is 4.39 Å². The second-order valence-electron chi connectivity index (χ2n) is 7.71. The van der Waals surface area contributed by atoms with E-state index in [0.717, 1.165) is 5.56 Å². The molecule has 2 aromatic carbocycles. The van der Waals surface area contributed by atoms with E-state index in [2.05, 4.69) is 20.8 Å². The van der Waals surface area contributed by atoms with Crippen molar-refractivity contribution in [1.82, 2.24) is 25.4 Å². The number of hydrogen-bond acceptors (Lipinski definition) is 6. The maximum Gasteiger partial charge on any atom is 0.251 e. The van der Waals surface area contributed by atoms with Crippen LogP contribution in [0.5, 0.6) is 0 Å². The minimum absolute atomic E-state index is 0.127. The minimum Gasteiger partial charge on any atom is -0.461 e. The SMILES string of the molecule is Cc1ccc(C(=O)NCCNC(=O)CSc2nnc(-c3ccco3)n2Cc2ccccc2)cc1F. The van der Waals surface area contributed by atoms with Crippen molar-refractivity contribution < 1.29 is 18.4 Å². The van der Waals surface area contributed by atoms with Crippen LogP contribution in [0.15, 0.2) is 76.5 Å². The Morgan fingerprint density at radius 3 is 2.57 bits per heavy atom. The second-order valence-corrected chi connectivity index (χ2v) is 8.66. The van der Waals surface area contributed by atoms with Crippen LogP contribution < -0.4 is 10.6 Å². The molecule has 0 aliphatic rings. The Morgan fingerprint density at radius 1 is 1.03 bits per heavy atom. The Morgan fingerprint density at radius 2 is 1.83 bits per heavy atom. The summed E-state index contributed by atoms with van der Waals surface area (Å²) in [6.07, 6.45) is 1.57. The lowest BCUT2D eigenvalue weighted by Crippen LogP contribution is -2.35. The zero-order valence-electron chi connectivity index (χ0n) is 19.0. The highest BCUT2D eigenvalue weighted by molar-refractivity contribution is 7.99. The standard InChI is InChI=1S/C25H24FN5O3S/c1-17-9-10-19(14-20(17)26)24(33)28-12-11-27-22(32)16-35-25-30-29-23(21-8-5-13-34-21)31(25)15-18-6-3-2-4-7-18/h2-10,13-14H,11-12,15-16H2,1H3,(H,27,32)(H,28,33). The molecule has 0 fully saturated rings. The molecule has 0 spiro atoms. The van der Waals surface area contributed by atoms with E-state index < -0.39 is 11.7 Å². The number of rotatable bonds is 10. The molecule has 2 heterocycles. The van der Waals surface area contributed by atoms with Crippen molar-refractivity contribution in [3.05, 3.63) is 89.4 Å². The lowest BCUT2D eigenvalue weighted by atomic mass is 10.1. The fourth-order valence-corrected chi connectivity index (χ4v) is 4.05. The molecule has 0 saturated carbocycles. The maximum atomic E-state index is 13.6. The van der Waals surface area contributed by atoms with Crippen LogP contribution in [-0.4, -0.2) is 45.4 Å². The molecule has 180 valence electrons. The van der Waals surface area contributed by atoms with Crippen molar-refractivity contribution in [1.29, 1.82) is 0 Å². The summed E-state index contributed by atoms with van der Waals surface area (Å²) in [7, 11) is 0. The zero-order chi connectivity index (χ0) is 24.6. The van der Waals surface area contributed by atoms with Gasteiger partial charge >= 0.3 is 0 Å². The normalized spacial score (nSPS) is 10.8. The Kier molecular flexibility index (Phi) is 7.94. The summed E-state index contributed by atoms with van der Waals surface area (Å²) < 4.78 is 21.0. The third kappa shape index (κ3) is 6.36. The molecule has 0 aliphatic heterocycles. The van der Waals surface area contributed by atoms with E-state index in [1.165, 1.54) is 17.8 Å². The van der Waals surface area contributed by atoms with Gasteiger partial charge in [0, 0.05) is 18.7 Å². The summed E-state index contributed by atoms with van der Waals surface area (Å²) in [4.78, 5) is 24.5.